The first-order valence-electron chi connectivity index (χ1n) is 6.54. The van der Waals surface area contributed by atoms with Crippen molar-refractivity contribution in [2.24, 2.45) is 0 Å². The minimum atomic E-state index is -0.959. The number of carboxylic acids is 1. The highest BCUT2D eigenvalue weighted by molar-refractivity contribution is 5.89. The van der Waals surface area contributed by atoms with E-state index in [0.29, 0.717) is 30.8 Å². The Morgan fingerprint density at radius 2 is 2.24 bits per heavy atom. The molecule has 0 saturated carbocycles. The Balaban J connectivity index is 1.77. The lowest BCUT2D eigenvalue weighted by atomic mass is 10.2. The molecule has 1 unspecified atom stereocenters. The first-order valence-corrected chi connectivity index (χ1v) is 6.54. The van der Waals surface area contributed by atoms with E-state index in [1.807, 2.05) is 0 Å². The van der Waals surface area contributed by atoms with Crippen LogP contribution in [0.1, 0.15) is 18.5 Å². The van der Waals surface area contributed by atoms with Crippen molar-refractivity contribution < 1.29 is 19.5 Å². The number of nitrogens with one attached hydrogen (secondary N) is 3. The number of pyridine rings is 1. The lowest BCUT2D eigenvalue weighted by Crippen LogP contribution is -2.40. The minimum Gasteiger partial charge on any atom is -0.481 e. The molecule has 112 valence electrons. The molecule has 21 heavy (non-hydrogen) atoms. The number of carbonyl (C=O) groups excluding carboxylic acids is 2. The quantitative estimate of drug-likeness (QED) is 0.614. The Kier molecular flexibility index (Phi) is 4.70. The first-order chi connectivity index (χ1) is 10.0. The van der Waals surface area contributed by atoms with Gasteiger partial charge in [0.25, 0.3) is 0 Å². The number of amides is 3. The molecule has 1 aromatic heterocycles. The van der Waals surface area contributed by atoms with Crippen LogP contribution >= 0.6 is 0 Å². The lowest BCUT2D eigenvalue weighted by molar-refractivity contribution is -0.136. The fourth-order valence-electron chi connectivity index (χ4n) is 1.98. The van der Waals surface area contributed by atoms with E-state index in [-0.39, 0.29) is 18.4 Å². The fourth-order valence-corrected chi connectivity index (χ4v) is 1.98. The number of nitrogens with zero attached hydrogens (tertiary/aromatic N) is 1. The zero-order valence-electron chi connectivity index (χ0n) is 11.3. The third kappa shape index (κ3) is 4.75. The van der Waals surface area contributed by atoms with Crippen LogP contribution in [-0.2, 0) is 16.0 Å². The number of rotatable bonds is 5. The van der Waals surface area contributed by atoms with Gasteiger partial charge in [0.1, 0.15) is 0 Å². The summed E-state index contributed by atoms with van der Waals surface area (Å²) in [5, 5.41) is 16.6. The van der Waals surface area contributed by atoms with Crippen LogP contribution < -0.4 is 16.0 Å². The monoisotopic (exact) mass is 292 g/mol. The molecule has 3 amide bonds. The van der Waals surface area contributed by atoms with Crippen molar-refractivity contribution >= 4 is 23.6 Å². The van der Waals surface area contributed by atoms with Gasteiger partial charge >= 0.3 is 12.0 Å². The Morgan fingerprint density at radius 3 is 2.81 bits per heavy atom. The van der Waals surface area contributed by atoms with Crippen molar-refractivity contribution in [3.63, 3.8) is 0 Å². The summed E-state index contributed by atoms with van der Waals surface area (Å²) in [6, 6.07) is 2.70. The molecule has 1 fully saturated rings. The Bertz CT molecular complexity index is 544. The van der Waals surface area contributed by atoms with Crippen LogP contribution in [0.5, 0.6) is 0 Å². The number of urea groups is 1. The van der Waals surface area contributed by atoms with E-state index in [1.165, 1.54) is 6.20 Å². The molecule has 2 rings (SSSR count). The number of hydrogen-bond acceptors (Lipinski definition) is 4. The predicted molar refractivity (Wildman–Crippen MR) is 73.8 cm³/mol. The molecule has 1 aliphatic rings. The zero-order chi connectivity index (χ0) is 15.2. The Hall–Kier alpha value is -2.64. The van der Waals surface area contributed by atoms with Gasteiger partial charge in [0.2, 0.25) is 5.91 Å². The standard InChI is InChI=1S/C13H16N4O4/c18-11-4-3-9(16-11)7-15-13(21)17-10-2-1-8(14-6-10)5-12(19)20/h1-2,6,9H,3-5,7H2,(H,16,18)(H,19,20)(H2,15,17,21). The maximum Gasteiger partial charge on any atom is 0.319 e. The van der Waals surface area contributed by atoms with Gasteiger partial charge in [0.15, 0.2) is 0 Å². The molecule has 8 heteroatoms. The fraction of sp³-hybridized carbons (Fsp3) is 0.385. The Morgan fingerprint density at radius 1 is 1.43 bits per heavy atom. The lowest BCUT2D eigenvalue weighted by Gasteiger charge is -2.12. The molecular formula is C13H16N4O4. The molecule has 0 radical (unpaired) electrons. The first kappa shape index (κ1) is 14.8. The SMILES string of the molecule is O=C(O)Cc1ccc(NC(=O)NCC2CCC(=O)N2)cn1. The second kappa shape index (κ2) is 6.69. The molecule has 0 aromatic carbocycles. The van der Waals surface area contributed by atoms with Crippen molar-refractivity contribution in [1.82, 2.24) is 15.6 Å². The van der Waals surface area contributed by atoms with Crippen molar-refractivity contribution in [2.75, 3.05) is 11.9 Å². The molecule has 1 aromatic rings. The summed E-state index contributed by atoms with van der Waals surface area (Å²) in [6.45, 7) is 0.363. The van der Waals surface area contributed by atoms with Gasteiger partial charge in [0.05, 0.1) is 24.0 Å². The van der Waals surface area contributed by atoms with Crippen LogP contribution in [-0.4, -0.2) is 40.6 Å². The van der Waals surface area contributed by atoms with Crippen molar-refractivity contribution in [3.05, 3.63) is 24.0 Å². The number of carboxylic acid groups (broad SMARTS) is 1. The van der Waals surface area contributed by atoms with Gasteiger partial charge in [-0.05, 0) is 18.6 Å². The van der Waals surface area contributed by atoms with Gasteiger partial charge in [-0.2, -0.15) is 0 Å². The average Bonchev–Trinajstić information content (AvgIpc) is 2.84. The normalized spacial score (nSPS) is 17.1. The van der Waals surface area contributed by atoms with Crippen molar-refractivity contribution in [2.45, 2.75) is 25.3 Å². The van der Waals surface area contributed by atoms with Crippen LogP contribution in [0, 0.1) is 0 Å². The van der Waals surface area contributed by atoms with E-state index in [2.05, 4.69) is 20.9 Å². The molecule has 1 atom stereocenters. The maximum absolute atomic E-state index is 11.7. The van der Waals surface area contributed by atoms with Crippen LogP contribution in [0.25, 0.3) is 0 Å². The topological polar surface area (TPSA) is 120 Å². The van der Waals surface area contributed by atoms with Gasteiger partial charge in [-0.1, -0.05) is 0 Å². The third-order valence-corrected chi connectivity index (χ3v) is 3.01. The molecule has 0 aliphatic carbocycles. The van der Waals surface area contributed by atoms with Gasteiger partial charge in [-0.3, -0.25) is 14.6 Å². The number of carbonyl (C=O) groups is 3. The number of aromatic nitrogens is 1. The van der Waals surface area contributed by atoms with Crippen LogP contribution in [0.3, 0.4) is 0 Å². The van der Waals surface area contributed by atoms with Crippen LogP contribution in [0.4, 0.5) is 10.5 Å². The predicted octanol–water partition coefficient (Wildman–Crippen LogP) is 0.109. The summed E-state index contributed by atoms with van der Waals surface area (Å²) in [5.41, 5.74) is 0.888. The van der Waals surface area contributed by atoms with Crippen LogP contribution in [0.2, 0.25) is 0 Å². The second-order valence-corrected chi connectivity index (χ2v) is 4.75. The smallest absolute Gasteiger partial charge is 0.319 e. The Labute approximate surface area is 120 Å². The van der Waals surface area contributed by atoms with E-state index >= 15 is 0 Å². The molecular weight excluding hydrogens is 276 g/mol. The summed E-state index contributed by atoms with van der Waals surface area (Å²) in [7, 11) is 0. The summed E-state index contributed by atoms with van der Waals surface area (Å²) in [5.74, 6) is -0.958. The molecule has 0 bridgehead atoms. The second-order valence-electron chi connectivity index (χ2n) is 4.75. The van der Waals surface area contributed by atoms with Gasteiger partial charge < -0.3 is 21.1 Å². The van der Waals surface area contributed by atoms with Gasteiger partial charge in [-0.25, -0.2) is 4.79 Å². The number of aliphatic carboxylic acids is 1. The van der Waals surface area contributed by atoms with E-state index in [0.717, 1.165) is 0 Å². The zero-order valence-corrected chi connectivity index (χ0v) is 11.3. The summed E-state index contributed by atoms with van der Waals surface area (Å²) in [4.78, 5) is 37.1. The molecule has 1 aliphatic heterocycles. The highest BCUT2D eigenvalue weighted by atomic mass is 16.4. The summed E-state index contributed by atoms with van der Waals surface area (Å²) < 4.78 is 0. The molecule has 8 nitrogen and oxygen atoms in total. The van der Waals surface area contributed by atoms with E-state index in [9.17, 15) is 14.4 Å². The average molecular weight is 292 g/mol. The number of hydrogen-bond donors (Lipinski definition) is 4. The van der Waals surface area contributed by atoms with Crippen LogP contribution in [0.15, 0.2) is 18.3 Å². The van der Waals surface area contributed by atoms with E-state index in [1.54, 1.807) is 12.1 Å². The highest BCUT2D eigenvalue weighted by Gasteiger charge is 2.20. The van der Waals surface area contributed by atoms with E-state index in [4.69, 9.17) is 5.11 Å². The number of anilines is 1. The molecule has 0 spiro atoms. The van der Waals surface area contributed by atoms with Gasteiger partial charge in [0, 0.05) is 19.0 Å². The molecule has 4 N–H and O–H groups in total. The largest absolute Gasteiger partial charge is 0.481 e. The van der Waals surface area contributed by atoms with Crippen molar-refractivity contribution in [1.29, 1.82) is 0 Å². The van der Waals surface area contributed by atoms with Crippen molar-refractivity contribution in [3.8, 4) is 0 Å². The molecule has 2 heterocycles. The summed E-state index contributed by atoms with van der Waals surface area (Å²) in [6.07, 6.45) is 2.44. The summed E-state index contributed by atoms with van der Waals surface area (Å²) >= 11 is 0. The van der Waals surface area contributed by atoms with E-state index < -0.39 is 12.0 Å². The third-order valence-electron chi connectivity index (χ3n) is 3.01. The van der Waals surface area contributed by atoms with Gasteiger partial charge in [-0.15, -0.1) is 0 Å². The highest BCUT2D eigenvalue weighted by Crippen LogP contribution is 2.07. The minimum absolute atomic E-state index is 0.000396. The molecule has 1 saturated heterocycles. The maximum atomic E-state index is 11.7.